The maximum Gasteiger partial charge on any atom is 0.250 e. The highest BCUT2D eigenvalue weighted by Gasteiger charge is 2.31. The first-order valence-electron chi connectivity index (χ1n) is 9.85. The van der Waals surface area contributed by atoms with E-state index in [9.17, 15) is 4.79 Å². The van der Waals surface area contributed by atoms with Crippen LogP contribution in [0.3, 0.4) is 0 Å². The van der Waals surface area contributed by atoms with Crippen LogP contribution in [-0.2, 0) is 6.42 Å². The van der Waals surface area contributed by atoms with Gasteiger partial charge in [-0.15, -0.1) is 0 Å². The summed E-state index contributed by atoms with van der Waals surface area (Å²) in [6.07, 6.45) is 6.67. The molecule has 1 fully saturated rings. The number of halogens is 1. The first-order valence-corrected chi connectivity index (χ1v) is 10.2. The van der Waals surface area contributed by atoms with Crippen LogP contribution >= 0.6 is 11.6 Å². The predicted octanol–water partition coefficient (Wildman–Crippen LogP) is 4.06. The van der Waals surface area contributed by atoms with Gasteiger partial charge < -0.3 is 5.73 Å². The summed E-state index contributed by atoms with van der Waals surface area (Å²) >= 11 is 6.06. The van der Waals surface area contributed by atoms with Crippen LogP contribution in [0.2, 0.25) is 5.02 Å². The minimum absolute atomic E-state index is 0.253. The van der Waals surface area contributed by atoms with Crippen molar-refractivity contribution in [3.8, 4) is 11.8 Å². The summed E-state index contributed by atoms with van der Waals surface area (Å²) in [4.78, 5) is 18.5. The van der Waals surface area contributed by atoms with Gasteiger partial charge in [-0.2, -0.15) is 0 Å². The largest absolute Gasteiger partial charge is 0.366 e. The van der Waals surface area contributed by atoms with Crippen molar-refractivity contribution >= 4 is 17.5 Å². The smallest absolute Gasteiger partial charge is 0.250 e. The summed E-state index contributed by atoms with van der Waals surface area (Å²) in [6, 6.07) is 11.9. The molecule has 0 unspecified atom stereocenters. The number of nitrogens with zero attached hydrogens (tertiary/aromatic N) is 2. The molecule has 1 aromatic carbocycles. The number of aromatic nitrogens is 1. The van der Waals surface area contributed by atoms with Crippen molar-refractivity contribution in [2.24, 2.45) is 5.73 Å². The van der Waals surface area contributed by atoms with Crippen molar-refractivity contribution in [3.05, 3.63) is 64.4 Å². The third kappa shape index (κ3) is 5.13. The molecule has 146 valence electrons. The number of primary amides is 1. The number of rotatable bonds is 6. The SMILES string of the molecule is CCCN1[C@H](CCc2ncccc2C(N)=O)CC[C@@H]1C#Cc1cccc(Cl)c1. The molecule has 1 aliphatic rings. The van der Waals surface area contributed by atoms with E-state index in [-0.39, 0.29) is 6.04 Å². The number of carbonyl (C=O) groups excluding carboxylic acids is 1. The van der Waals surface area contributed by atoms with Crippen molar-refractivity contribution in [2.45, 2.75) is 51.1 Å². The van der Waals surface area contributed by atoms with Gasteiger partial charge in [0.25, 0.3) is 5.91 Å². The van der Waals surface area contributed by atoms with Crippen molar-refractivity contribution in [1.82, 2.24) is 9.88 Å². The molecular formula is C23H26ClN3O. The highest BCUT2D eigenvalue weighted by molar-refractivity contribution is 6.30. The molecule has 2 atom stereocenters. The lowest BCUT2D eigenvalue weighted by molar-refractivity contribution is 0.0998. The summed E-state index contributed by atoms with van der Waals surface area (Å²) < 4.78 is 0. The highest BCUT2D eigenvalue weighted by Crippen LogP contribution is 2.27. The Balaban J connectivity index is 1.69. The fourth-order valence-electron chi connectivity index (χ4n) is 3.90. The molecule has 2 N–H and O–H groups in total. The Morgan fingerprint density at radius 3 is 2.93 bits per heavy atom. The lowest BCUT2D eigenvalue weighted by Gasteiger charge is -2.27. The maximum atomic E-state index is 11.6. The standard InChI is InChI=1S/C23H26ClN3O/c1-2-15-27-19(9-8-17-5-3-6-18(24)16-17)10-11-20(27)12-13-22-21(23(25)28)7-4-14-26-22/h3-7,14,16,19-20H,2,10-13,15H2,1H3,(H2,25,28)/t19-,20-/m0/s1. The van der Waals surface area contributed by atoms with Gasteiger partial charge in [0, 0.05) is 22.8 Å². The number of nitrogens with two attached hydrogens (primary N) is 1. The van der Waals surface area contributed by atoms with Crippen LogP contribution in [0.4, 0.5) is 0 Å². The van der Waals surface area contributed by atoms with Gasteiger partial charge in [-0.25, -0.2) is 0 Å². The van der Waals surface area contributed by atoms with Crippen LogP contribution in [0.25, 0.3) is 0 Å². The maximum absolute atomic E-state index is 11.6. The third-order valence-corrected chi connectivity index (χ3v) is 5.44. The zero-order valence-corrected chi connectivity index (χ0v) is 17.0. The second-order valence-corrected chi connectivity index (χ2v) is 7.60. The zero-order valence-electron chi connectivity index (χ0n) is 16.2. The van der Waals surface area contributed by atoms with Gasteiger partial charge in [-0.3, -0.25) is 14.7 Å². The molecule has 1 aliphatic heterocycles. The van der Waals surface area contributed by atoms with Gasteiger partial charge >= 0.3 is 0 Å². The minimum atomic E-state index is -0.412. The molecule has 2 aromatic rings. The number of aryl methyl sites for hydroxylation is 1. The zero-order chi connectivity index (χ0) is 19.9. The molecule has 5 heteroatoms. The summed E-state index contributed by atoms with van der Waals surface area (Å²) in [5.41, 5.74) is 7.75. The van der Waals surface area contributed by atoms with E-state index in [2.05, 4.69) is 28.6 Å². The average Bonchev–Trinajstić information content (AvgIpc) is 3.07. The monoisotopic (exact) mass is 395 g/mol. The molecule has 3 rings (SSSR count). The number of pyridine rings is 1. The molecule has 0 radical (unpaired) electrons. The lowest BCUT2D eigenvalue weighted by Crippen LogP contribution is -2.36. The predicted molar refractivity (Wildman–Crippen MR) is 113 cm³/mol. The van der Waals surface area contributed by atoms with E-state index in [1.165, 1.54) is 0 Å². The molecule has 0 aliphatic carbocycles. The fourth-order valence-corrected chi connectivity index (χ4v) is 4.09. The second kappa shape index (κ2) is 9.73. The lowest BCUT2D eigenvalue weighted by atomic mass is 10.0. The van der Waals surface area contributed by atoms with Crippen molar-refractivity contribution in [3.63, 3.8) is 0 Å². The van der Waals surface area contributed by atoms with E-state index in [0.717, 1.165) is 49.9 Å². The van der Waals surface area contributed by atoms with E-state index in [4.69, 9.17) is 17.3 Å². The number of hydrogen-bond donors (Lipinski definition) is 1. The summed E-state index contributed by atoms with van der Waals surface area (Å²) in [6.45, 7) is 3.21. The highest BCUT2D eigenvalue weighted by atomic mass is 35.5. The molecule has 1 amide bonds. The first kappa shape index (κ1) is 20.4. The molecule has 2 heterocycles. The Labute approximate surface area is 172 Å². The topological polar surface area (TPSA) is 59.2 Å². The van der Waals surface area contributed by atoms with E-state index in [1.54, 1.807) is 18.3 Å². The average molecular weight is 396 g/mol. The molecule has 0 bridgehead atoms. The Kier molecular flexibility index (Phi) is 7.08. The van der Waals surface area contributed by atoms with Gasteiger partial charge in [0.2, 0.25) is 0 Å². The summed E-state index contributed by atoms with van der Waals surface area (Å²) in [7, 11) is 0. The van der Waals surface area contributed by atoms with E-state index >= 15 is 0 Å². The molecule has 1 aromatic heterocycles. The van der Waals surface area contributed by atoms with Crippen molar-refractivity contribution < 1.29 is 4.79 Å². The normalized spacial score (nSPS) is 19.2. The van der Waals surface area contributed by atoms with E-state index < -0.39 is 5.91 Å². The van der Waals surface area contributed by atoms with Crippen molar-refractivity contribution in [1.29, 1.82) is 0 Å². The number of carbonyl (C=O) groups is 1. The molecule has 1 saturated heterocycles. The number of likely N-dealkylation sites (tertiary alicyclic amines) is 1. The van der Waals surface area contributed by atoms with Gasteiger partial charge in [-0.05, 0) is 69.0 Å². The van der Waals surface area contributed by atoms with Crippen LogP contribution in [0.1, 0.15) is 54.2 Å². The van der Waals surface area contributed by atoms with Gasteiger partial charge in [0.05, 0.1) is 17.3 Å². The number of hydrogen-bond acceptors (Lipinski definition) is 3. The van der Waals surface area contributed by atoms with E-state index in [0.29, 0.717) is 16.6 Å². The Morgan fingerprint density at radius 2 is 2.18 bits per heavy atom. The Morgan fingerprint density at radius 1 is 1.32 bits per heavy atom. The Bertz CT molecular complexity index is 887. The number of benzene rings is 1. The van der Waals surface area contributed by atoms with Gasteiger partial charge in [-0.1, -0.05) is 36.4 Å². The van der Waals surface area contributed by atoms with Crippen molar-refractivity contribution in [2.75, 3.05) is 6.54 Å². The Hall–Kier alpha value is -2.35. The summed E-state index contributed by atoms with van der Waals surface area (Å²) in [5, 5.41) is 0.710. The van der Waals surface area contributed by atoms with Crippen LogP contribution in [0.5, 0.6) is 0 Å². The first-order chi connectivity index (χ1) is 13.6. The second-order valence-electron chi connectivity index (χ2n) is 7.17. The minimum Gasteiger partial charge on any atom is -0.366 e. The summed E-state index contributed by atoms with van der Waals surface area (Å²) in [5.74, 6) is 6.32. The van der Waals surface area contributed by atoms with Crippen LogP contribution < -0.4 is 5.73 Å². The fraction of sp³-hybridized carbons (Fsp3) is 0.391. The molecule has 0 saturated carbocycles. The van der Waals surface area contributed by atoms with E-state index in [1.807, 2.05) is 24.3 Å². The molecular weight excluding hydrogens is 370 g/mol. The van der Waals surface area contributed by atoms with Gasteiger partial charge in [0.1, 0.15) is 0 Å². The molecule has 4 nitrogen and oxygen atoms in total. The number of amides is 1. The quantitative estimate of drug-likeness (QED) is 0.750. The van der Waals surface area contributed by atoms with Gasteiger partial charge in [0.15, 0.2) is 0 Å². The van der Waals surface area contributed by atoms with Crippen LogP contribution in [0.15, 0.2) is 42.6 Å². The molecule has 0 spiro atoms. The van der Waals surface area contributed by atoms with Crippen LogP contribution in [0, 0.1) is 11.8 Å². The molecule has 28 heavy (non-hydrogen) atoms. The third-order valence-electron chi connectivity index (χ3n) is 5.20. The van der Waals surface area contributed by atoms with Crippen LogP contribution in [-0.4, -0.2) is 34.4 Å².